The zero-order chi connectivity index (χ0) is 23.8. The Morgan fingerprint density at radius 1 is 0.824 bits per heavy atom. The third-order valence-electron chi connectivity index (χ3n) is 5.83. The van der Waals surface area contributed by atoms with E-state index in [2.05, 4.69) is 26.9 Å². The lowest BCUT2D eigenvalue weighted by atomic mass is 10.1. The van der Waals surface area contributed by atoms with Crippen LogP contribution in [0.15, 0.2) is 72.8 Å². The lowest BCUT2D eigenvalue weighted by Crippen LogP contribution is -2.30. The maximum Gasteiger partial charge on any atom is 0.255 e. The van der Waals surface area contributed by atoms with Crippen LogP contribution in [0, 0.1) is 0 Å². The predicted octanol–water partition coefficient (Wildman–Crippen LogP) is 4.99. The number of carbonyl (C=O) groups is 2. The molecule has 4 rings (SSSR count). The number of nitrogens with zero attached hydrogens (tertiary/aromatic N) is 1. The topological polar surface area (TPSA) is 82.7 Å². The number of rotatable bonds is 8. The van der Waals surface area contributed by atoms with Crippen molar-refractivity contribution in [2.45, 2.75) is 19.3 Å². The second kappa shape index (κ2) is 11.2. The highest BCUT2D eigenvalue weighted by molar-refractivity contribution is 6.05. The molecule has 1 aliphatic heterocycles. The van der Waals surface area contributed by atoms with Crippen molar-refractivity contribution >= 4 is 34.6 Å². The van der Waals surface area contributed by atoms with Crippen molar-refractivity contribution in [2.75, 3.05) is 47.6 Å². The Balaban J connectivity index is 1.32. The molecule has 1 fully saturated rings. The molecule has 0 atom stereocenters. The first-order valence-electron chi connectivity index (χ1n) is 11.6. The number of carbonyl (C=O) groups excluding carboxylic acids is 2. The molecule has 7 nitrogen and oxygen atoms in total. The molecular formula is C27H30N4O3. The number of piperidine rings is 1. The Bertz CT molecular complexity index is 1120. The van der Waals surface area contributed by atoms with E-state index in [0.29, 0.717) is 22.7 Å². The van der Waals surface area contributed by atoms with Gasteiger partial charge in [-0.05, 0) is 67.8 Å². The van der Waals surface area contributed by atoms with Gasteiger partial charge in [0.05, 0.1) is 30.7 Å². The molecule has 1 saturated heterocycles. The van der Waals surface area contributed by atoms with E-state index in [1.54, 1.807) is 43.5 Å². The van der Waals surface area contributed by atoms with Crippen LogP contribution >= 0.6 is 0 Å². The number of para-hydroxylation sites is 4. The second-order valence-corrected chi connectivity index (χ2v) is 8.20. The molecule has 3 N–H and O–H groups in total. The summed E-state index contributed by atoms with van der Waals surface area (Å²) in [5.74, 6) is 0.187. The average molecular weight is 459 g/mol. The molecule has 0 saturated carbocycles. The van der Waals surface area contributed by atoms with Crippen LogP contribution in [-0.2, 0) is 4.79 Å². The fraction of sp³-hybridized carbons (Fsp3) is 0.259. The zero-order valence-electron chi connectivity index (χ0n) is 19.3. The second-order valence-electron chi connectivity index (χ2n) is 8.20. The normalized spacial score (nSPS) is 13.1. The molecule has 0 aliphatic carbocycles. The summed E-state index contributed by atoms with van der Waals surface area (Å²) in [6.07, 6.45) is 3.67. The van der Waals surface area contributed by atoms with Gasteiger partial charge in [-0.25, -0.2) is 0 Å². The van der Waals surface area contributed by atoms with Gasteiger partial charge in [0.15, 0.2) is 0 Å². The minimum atomic E-state index is -0.252. The van der Waals surface area contributed by atoms with Crippen molar-refractivity contribution in [3.05, 3.63) is 78.4 Å². The first-order chi connectivity index (χ1) is 16.6. The van der Waals surface area contributed by atoms with Crippen LogP contribution in [-0.4, -0.2) is 38.6 Å². The monoisotopic (exact) mass is 458 g/mol. The van der Waals surface area contributed by atoms with Gasteiger partial charge < -0.3 is 25.6 Å². The average Bonchev–Trinajstić information content (AvgIpc) is 2.89. The van der Waals surface area contributed by atoms with Crippen LogP contribution in [0.25, 0.3) is 0 Å². The largest absolute Gasteiger partial charge is 0.495 e. The van der Waals surface area contributed by atoms with E-state index in [-0.39, 0.29) is 18.4 Å². The summed E-state index contributed by atoms with van der Waals surface area (Å²) >= 11 is 0. The molecule has 3 aromatic rings. The zero-order valence-corrected chi connectivity index (χ0v) is 19.3. The molecule has 0 radical (unpaired) electrons. The Kier molecular flexibility index (Phi) is 7.65. The van der Waals surface area contributed by atoms with Crippen molar-refractivity contribution in [3.8, 4) is 5.75 Å². The first-order valence-corrected chi connectivity index (χ1v) is 11.6. The van der Waals surface area contributed by atoms with Crippen LogP contribution in [0.2, 0.25) is 0 Å². The minimum Gasteiger partial charge on any atom is -0.495 e. The lowest BCUT2D eigenvalue weighted by molar-refractivity contribution is -0.114. The summed E-state index contributed by atoms with van der Waals surface area (Å²) in [6.45, 7) is 2.24. The van der Waals surface area contributed by atoms with Gasteiger partial charge in [0.1, 0.15) is 5.75 Å². The van der Waals surface area contributed by atoms with Gasteiger partial charge in [-0.3, -0.25) is 9.59 Å². The van der Waals surface area contributed by atoms with Crippen molar-refractivity contribution in [3.63, 3.8) is 0 Å². The molecule has 3 aromatic carbocycles. The Morgan fingerprint density at radius 2 is 1.50 bits per heavy atom. The van der Waals surface area contributed by atoms with E-state index < -0.39 is 0 Å². The summed E-state index contributed by atoms with van der Waals surface area (Å²) in [6, 6.07) is 22.1. The number of hydrogen-bond donors (Lipinski definition) is 3. The van der Waals surface area contributed by atoms with Crippen molar-refractivity contribution in [2.24, 2.45) is 0 Å². The highest BCUT2D eigenvalue weighted by Crippen LogP contribution is 2.28. The highest BCUT2D eigenvalue weighted by atomic mass is 16.5. The summed E-state index contributed by atoms with van der Waals surface area (Å²) in [4.78, 5) is 27.5. The van der Waals surface area contributed by atoms with E-state index >= 15 is 0 Å². The van der Waals surface area contributed by atoms with E-state index in [1.807, 2.05) is 30.3 Å². The third kappa shape index (κ3) is 5.86. The van der Waals surface area contributed by atoms with E-state index in [1.165, 1.54) is 19.3 Å². The Hall–Kier alpha value is -4.00. The predicted molar refractivity (Wildman–Crippen MR) is 137 cm³/mol. The van der Waals surface area contributed by atoms with Crippen LogP contribution < -0.4 is 25.6 Å². The number of anilines is 4. The van der Waals surface area contributed by atoms with Gasteiger partial charge in [0, 0.05) is 24.3 Å². The Morgan fingerprint density at radius 3 is 2.24 bits per heavy atom. The molecule has 1 aliphatic rings. The molecule has 7 heteroatoms. The SMILES string of the molecule is COc1ccccc1NC(=O)c1ccc(NC(=O)CNc2ccccc2N2CCCCC2)cc1. The van der Waals surface area contributed by atoms with Gasteiger partial charge in [-0.15, -0.1) is 0 Å². The van der Waals surface area contributed by atoms with E-state index in [4.69, 9.17) is 4.74 Å². The molecule has 0 unspecified atom stereocenters. The quantitative estimate of drug-likeness (QED) is 0.443. The van der Waals surface area contributed by atoms with Gasteiger partial charge in [0.25, 0.3) is 5.91 Å². The smallest absolute Gasteiger partial charge is 0.255 e. The number of ether oxygens (including phenoxy) is 1. The molecule has 1 heterocycles. The number of hydrogen-bond acceptors (Lipinski definition) is 5. The maximum absolute atomic E-state index is 12.6. The van der Waals surface area contributed by atoms with Gasteiger partial charge in [0.2, 0.25) is 5.91 Å². The summed E-state index contributed by atoms with van der Waals surface area (Å²) in [7, 11) is 1.56. The van der Waals surface area contributed by atoms with Gasteiger partial charge >= 0.3 is 0 Å². The summed E-state index contributed by atoms with van der Waals surface area (Å²) in [5, 5.41) is 8.99. The highest BCUT2D eigenvalue weighted by Gasteiger charge is 2.15. The number of methoxy groups -OCH3 is 1. The molecule has 34 heavy (non-hydrogen) atoms. The third-order valence-corrected chi connectivity index (χ3v) is 5.83. The standard InChI is InChI=1S/C27H30N4O3/c1-34-25-12-6-4-10-23(25)30-27(33)20-13-15-21(16-14-20)29-26(32)19-28-22-9-3-5-11-24(22)31-17-7-2-8-18-31/h3-6,9-16,28H,2,7-8,17-19H2,1H3,(H,29,32)(H,30,33). The van der Waals surface area contributed by atoms with Crippen molar-refractivity contribution in [1.82, 2.24) is 0 Å². The maximum atomic E-state index is 12.6. The number of benzene rings is 3. The van der Waals surface area contributed by atoms with E-state index in [0.717, 1.165) is 24.5 Å². The van der Waals surface area contributed by atoms with Crippen LogP contribution in [0.1, 0.15) is 29.6 Å². The minimum absolute atomic E-state index is 0.153. The van der Waals surface area contributed by atoms with Crippen LogP contribution in [0.3, 0.4) is 0 Å². The summed E-state index contributed by atoms with van der Waals surface area (Å²) in [5.41, 5.74) is 3.81. The van der Waals surface area contributed by atoms with E-state index in [9.17, 15) is 9.59 Å². The Labute approximate surface area is 200 Å². The van der Waals surface area contributed by atoms with Crippen molar-refractivity contribution < 1.29 is 14.3 Å². The fourth-order valence-electron chi connectivity index (χ4n) is 4.06. The molecular weight excluding hydrogens is 428 g/mol. The van der Waals surface area contributed by atoms with Gasteiger partial charge in [-0.1, -0.05) is 24.3 Å². The molecule has 0 bridgehead atoms. The first kappa shape index (κ1) is 23.2. The lowest BCUT2D eigenvalue weighted by Gasteiger charge is -2.30. The molecule has 0 spiro atoms. The van der Waals surface area contributed by atoms with Crippen LogP contribution in [0.4, 0.5) is 22.7 Å². The number of amides is 2. The molecule has 2 amide bonds. The molecule has 0 aromatic heterocycles. The molecule has 176 valence electrons. The van der Waals surface area contributed by atoms with Gasteiger partial charge in [-0.2, -0.15) is 0 Å². The number of nitrogens with one attached hydrogen (secondary N) is 3. The van der Waals surface area contributed by atoms with Crippen LogP contribution in [0.5, 0.6) is 5.75 Å². The van der Waals surface area contributed by atoms with Crippen molar-refractivity contribution in [1.29, 1.82) is 0 Å². The summed E-state index contributed by atoms with van der Waals surface area (Å²) < 4.78 is 5.27. The fourth-order valence-corrected chi connectivity index (χ4v) is 4.06.